The Hall–Kier alpha value is -2.81. The Balaban J connectivity index is 1.25. The van der Waals surface area contributed by atoms with Gasteiger partial charge in [0, 0.05) is 12.8 Å². The lowest BCUT2D eigenvalue weighted by atomic mass is 9.91. The third-order valence-electron chi connectivity index (χ3n) is 7.26. The number of aliphatic hydroxyl groups excluding tert-OH is 3. The number of rotatable bonds is 7. The molecule has 3 aromatic rings. The van der Waals surface area contributed by atoms with Crippen LogP contribution >= 0.6 is 0 Å². The van der Waals surface area contributed by atoms with E-state index in [1.807, 2.05) is 36.4 Å². The van der Waals surface area contributed by atoms with Gasteiger partial charge in [-0.2, -0.15) is 0 Å². The van der Waals surface area contributed by atoms with Crippen molar-refractivity contribution in [2.75, 3.05) is 13.2 Å². The second kappa shape index (κ2) is 10.5. The van der Waals surface area contributed by atoms with Gasteiger partial charge in [0.1, 0.15) is 36.5 Å². The van der Waals surface area contributed by atoms with E-state index in [0.717, 1.165) is 11.1 Å². The molecule has 0 radical (unpaired) electrons. The highest BCUT2D eigenvalue weighted by molar-refractivity contribution is 5.38. The first-order valence-corrected chi connectivity index (χ1v) is 12.6. The van der Waals surface area contributed by atoms with Gasteiger partial charge < -0.3 is 29.5 Å². The summed E-state index contributed by atoms with van der Waals surface area (Å²) in [7, 11) is 0. The second-order valence-corrected chi connectivity index (χ2v) is 10.3. The van der Waals surface area contributed by atoms with Crippen LogP contribution in [0.25, 0.3) is 0 Å². The molecule has 1 fully saturated rings. The molecule has 3 aromatic carbocycles. The average Bonchev–Trinajstić information content (AvgIpc) is 3.16. The summed E-state index contributed by atoms with van der Waals surface area (Å²) in [4.78, 5) is 0. The zero-order valence-electron chi connectivity index (χ0n) is 21.0. The molecular formula is C30H33FO6. The van der Waals surface area contributed by atoms with Crippen LogP contribution in [0.4, 0.5) is 4.39 Å². The van der Waals surface area contributed by atoms with Gasteiger partial charge in [-0.15, -0.1) is 0 Å². The maximum Gasteiger partial charge on any atom is 0.126 e. The van der Waals surface area contributed by atoms with E-state index in [1.54, 1.807) is 12.1 Å². The van der Waals surface area contributed by atoms with E-state index < -0.39 is 24.4 Å². The van der Waals surface area contributed by atoms with Crippen molar-refractivity contribution in [2.45, 2.75) is 62.8 Å². The highest BCUT2D eigenvalue weighted by Gasteiger charge is 2.38. The molecular weight excluding hydrogens is 475 g/mol. The van der Waals surface area contributed by atoms with Crippen LogP contribution in [-0.2, 0) is 21.5 Å². The fraction of sp³-hybridized carbons (Fsp3) is 0.400. The van der Waals surface area contributed by atoms with Crippen LogP contribution in [0.5, 0.6) is 5.75 Å². The van der Waals surface area contributed by atoms with Crippen LogP contribution in [0.3, 0.4) is 0 Å². The number of hydrogen-bond acceptors (Lipinski definition) is 6. The largest absolute Gasteiger partial charge is 0.491 e. The summed E-state index contributed by atoms with van der Waals surface area (Å²) in [6.45, 7) is 4.24. The van der Waals surface area contributed by atoms with Crippen LogP contribution < -0.4 is 4.74 Å². The van der Waals surface area contributed by atoms with E-state index >= 15 is 0 Å². The van der Waals surface area contributed by atoms with Gasteiger partial charge in [-0.1, -0.05) is 42.5 Å². The molecule has 0 amide bonds. The minimum atomic E-state index is -1.15. The highest BCUT2D eigenvalue weighted by Crippen LogP contribution is 2.43. The quantitative estimate of drug-likeness (QED) is 0.440. The topological polar surface area (TPSA) is 88.4 Å². The number of ether oxygens (including phenoxy) is 3. The smallest absolute Gasteiger partial charge is 0.126 e. The SMILES string of the molecule is CC1(C)OC(COc2ccc(Cc3cc([C@@H]4O[C@H](CO)C[C@H](O)[C@H]4O)ccc3F)cc2)c2ccccc21. The molecule has 0 aromatic heterocycles. The normalized spacial score (nSPS) is 26.6. The summed E-state index contributed by atoms with van der Waals surface area (Å²) in [6.07, 6.45) is -3.27. The Morgan fingerprint density at radius 2 is 1.78 bits per heavy atom. The van der Waals surface area contributed by atoms with Crippen molar-refractivity contribution in [2.24, 2.45) is 0 Å². The molecule has 2 aliphatic rings. The van der Waals surface area contributed by atoms with Crippen LogP contribution in [0.15, 0.2) is 66.7 Å². The molecule has 0 bridgehead atoms. The first-order chi connectivity index (χ1) is 17.7. The first-order valence-electron chi connectivity index (χ1n) is 12.6. The van der Waals surface area contributed by atoms with Gasteiger partial charge in [0.15, 0.2) is 0 Å². The lowest BCUT2D eigenvalue weighted by Gasteiger charge is -2.37. The van der Waals surface area contributed by atoms with Crippen LogP contribution in [-0.4, -0.2) is 46.8 Å². The molecule has 3 N–H and O–H groups in total. The maximum atomic E-state index is 14.7. The van der Waals surface area contributed by atoms with E-state index in [9.17, 15) is 19.7 Å². The zero-order chi connectivity index (χ0) is 26.2. The fourth-order valence-electron chi connectivity index (χ4n) is 5.28. The van der Waals surface area contributed by atoms with Gasteiger partial charge in [-0.3, -0.25) is 0 Å². The molecule has 5 rings (SSSR count). The van der Waals surface area contributed by atoms with E-state index in [0.29, 0.717) is 29.9 Å². The van der Waals surface area contributed by atoms with E-state index in [2.05, 4.69) is 26.0 Å². The monoisotopic (exact) mass is 508 g/mol. The van der Waals surface area contributed by atoms with Crippen molar-refractivity contribution in [3.63, 3.8) is 0 Å². The highest BCUT2D eigenvalue weighted by atomic mass is 19.1. The number of fused-ring (bicyclic) bond motifs is 1. The second-order valence-electron chi connectivity index (χ2n) is 10.3. The summed E-state index contributed by atoms with van der Waals surface area (Å²) >= 11 is 0. The molecule has 6 nitrogen and oxygen atoms in total. The van der Waals surface area contributed by atoms with Crippen molar-refractivity contribution < 1.29 is 33.9 Å². The lowest BCUT2D eigenvalue weighted by molar-refractivity contribution is -0.179. The van der Waals surface area contributed by atoms with Gasteiger partial charge in [-0.25, -0.2) is 4.39 Å². The Labute approximate surface area is 216 Å². The summed E-state index contributed by atoms with van der Waals surface area (Å²) in [5.41, 5.74) is 3.86. The van der Waals surface area contributed by atoms with E-state index in [-0.39, 0.29) is 30.5 Å². The Bertz CT molecular complexity index is 1230. The Morgan fingerprint density at radius 3 is 2.54 bits per heavy atom. The standard InChI is InChI=1S/C30H33FO6/c1-30(2)24-6-4-3-5-23(24)27(37-30)17-35-21-10-7-18(8-11-21)13-20-14-19(9-12-25(20)31)29-28(34)26(33)15-22(16-32)36-29/h3-12,14,22,26-29,32-34H,13,15-17H2,1-2H3/t22-,26-,27?,28+,29-/m0/s1. The number of halogens is 1. The summed E-state index contributed by atoms with van der Waals surface area (Å²) in [5, 5.41) is 30.0. The Kier molecular flexibility index (Phi) is 7.34. The number of hydrogen-bond donors (Lipinski definition) is 3. The number of aliphatic hydroxyl groups is 3. The minimum Gasteiger partial charge on any atom is -0.491 e. The number of benzene rings is 3. The van der Waals surface area contributed by atoms with Crippen molar-refractivity contribution in [3.8, 4) is 5.75 Å². The van der Waals surface area contributed by atoms with Gasteiger partial charge in [-0.05, 0) is 65.9 Å². The molecule has 0 aliphatic carbocycles. The summed E-state index contributed by atoms with van der Waals surface area (Å²) in [5.74, 6) is 0.333. The van der Waals surface area contributed by atoms with Gasteiger partial charge in [0.05, 0.1) is 24.4 Å². The minimum absolute atomic E-state index is 0.147. The zero-order valence-corrected chi connectivity index (χ0v) is 21.0. The van der Waals surface area contributed by atoms with Crippen LogP contribution in [0.2, 0.25) is 0 Å². The molecule has 0 spiro atoms. The first kappa shape index (κ1) is 25.8. The fourth-order valence-corrected chi connectivity index (χ4v) is 5.28. The van der Waals surface area contributed by atoms with Crippen molar-refractivity contribution in [3.05, 3.63) is 100 Å². The van der Waals surface area contributed by atoms with Crippen LogP contribution in [0.1, 0.15) is 60.3 Å². The predicted octanol–water partition coefficient (Wildman–Crippen LogP) is 4.35. The predicted molar refractivity (Wildman–Crippen MR) is 136 cm³/mol. The van der Waals surface area contributed by atoms with Crippen molar-refractivity contribution in [1.29, 1.82) is 0 Å². The third kappa shape index (κ3) is 5.42. The Morgan fingerprint density at radius 1 is 1.03 bits per heavy atom. The summed E-state index contributed by atoms with van der Waals surface area (Å²) in [6, 6.07) is 20.2. The van der Waals surface area contributed by atoms with Crippen molar-refractivity contribution >= 4 is 0 Å². The van der Waals surface area contributed by atoms with Gasteiger partial charge in [0.25, 0.3) is 0 Å². The molecule has 196 valence electrons. The third-order valence-corrected chi connectivity index (χ3v) is 7.26. The average molecular weight is 509 g/mol. The molecule has 2 aliphatic heterocycles. The van der Waals surface area contributed by atoms with Crippen molar-refractivity contribution in [1.82, 2.24) is 0 Å². The van der Waals surface area contributed by atoms with Crippen LogP contribution in [0, 0.1) is 5.82 Å². The van der Waals surface area contributed by atoms with Gasteiger partial charge >= 0.3 is 0 Å². The van der Waals surface area contributed by atoms with E-state index in [4.69, 9.17) is 14.2 Å². The molecule has 37 heavy (non-hydrogen) atoms. The van der Waals surface area contributed by atoms with Gasteiger partial charge in [0.2, 0.25) is 0 Å². The summed E-state index contributed by atoms with van der Waals surface area (Å²) < 4.78 is 32.7. The van der Waals surface area contributed by atoms with E-state index in [1.165, 1.54) is 11.6 Å². The maximum absolute atomic E-state index is 14.7. The molecule has 1 unspecified atom stereocenters. The molecule has 0 saturated carbocycles. The molecule has 7 heteroatoms. The lowest BCUT2D eigenvalue weighted by Crippen LogP contribution is -2.44. The molecule has 2 heterocycles. The molecule has 1 saturated heterocycles. The molecule has 5 atom stereocenters.